The van der Waals surface area contributed by atoms with Crippen molar-refractivity contribution in [1.29, 1.82) is 0 Å². The highest BCUT2D eigenvalue weighted by atomic mass is 35.5. The van der Waals surface area contributed by atoms with Crippen LogP contribution in [0.5, 0.6) is 0 Å². The lowest BCUT2D eigenvalue weighted by Gasteiger charge is -2.20. The lowest BCUT2D eigenvalue weighted by molar-refractivity contribution is -0.117. The van der Waals surface area contributed by atoms with Gasteiger partial charge in [-0.2, -0.15) is 0 Å². The smallest absolute Gasteiger partial charge is 0.237 e. The van der Waals surface area contributed by atoms with E-state index in [9.17, 15) is 4.79 Å². The number of amides is 1. The molecule has 0 atom stereocenters. The standard InChI is InChI=1S/C18H14Cl2N2OS/c1-12-11-24-18(21-12)22(13-6-3-2-4-7-13)17(23)10-14-15(19)8-5-9-16(14)20/h2-9,11H,10H2,1H3. The second-order valence-electron chi connectivity index (χ2n) is 5.21. The third-order valence-electron chi connectivity index (χ3n) is 3.45. The maximum absolute atomic E-state index is 13.0. The van der Waals surface area contributed by atoms with Crippen LogP contribution in [0.25, 0.3) is 0 Å². The summed E-state index contributed by atoms with van der Waals surface area (Å²) in [6.45, 7) is 1.90. The van der Waals surface area contributed by atoms with E-state index in [4.69, 9.17) is 23.2 Å². The molecule has 0 aliphatic carbocycles. The van der Waals surface area contributed by atoms with Crippen molar-refractivity contribution in [2.75, 3.05) is 4.90 Å². The highest BCUT2D eigenvalue weighted by molar-refractivity contribution is 7.14. The Morgan fingerprint density at radius 2 is 1.75 bits per heavy atom. The molecule has 0 saturated heterocycles. The maximum atomic E-state index is 13.0. The Balaban J connectivity index is 1.98. The van der Waals surface area contributed by atoms with Crippen LogP contribution in [0.2, 0.25) is 10.0 Å². The molecule has 3 nitrogen and oxygen atoms in total. The van der Waals surface area contributed by atoms with Crippen molar-refractivity contribution in [3.63, 3.8) is 0 Å². The topological polar surface area (TPSA) is 33.2 Å². The molecule has 3 aromatic rings. The van der Waals surface area contributed by atoms with Crippen LogP contribution in [-0.2, 0) is 11.2 Å². The Labute approximate surface area is 154 Å². The fourth-order valence-electron chi connectivity index (χ4n) is 2.31. The number of para-hydroxylation sites is 1. The zero-order valence-corrected chi connectivity index (χ0v) is 15.2. The molecule has 0 unspecified atom stereocenters. The second-order valence-corrected chi connectivity index (χ2v) is 6.86. The van der Waals surface area contributed by atoms with Crippen molar-refractivity contribution in [1.82, 2.24) is 4.98 Å². The first-order valence-corrected chi connectivity index (χ1v) is 8.93. The highest BCUT2D eigenvalue weighted by Gasteiger charge is 2.22. The third kappa shape index (κ3) is 3.61. The van der Waals surface area contributed by atoms with Crippen LogP contribution in [0, 0.1) is 6.92 Å². The number of halogens is 2. The Hall–Kier alpha value is -1.88. The molecule has 122 valence electrons. The number of carbonyl (C=O) groups is 1. The molecule has 1 heterocycles. The highest BCUT2D eigenvalue weighted by Crippen LogP contribution is 2.31. The molecule has 0 saturated carbocycles. The summed E-state index contributed by atoms with van der Waals surface area (Å²) in [4.78, 5) is 19.1. The number of nitrogens with zero attached hydrogens (tertiary/aromatic N) is 2. The predicted molar refractivity (Wildman–Crippen MR) is 101 cm³/mol. The minimum atomic E-state index is -0.134. The van der Waals surface area contributed by atoms with Gasteiger partial charge in [0.25, 0.3) is 0 Å². The van der Waals surface area contributed by atoms with Crippen LogP contribution in [0.4, 0.5) is 10.8 Å². The number of carbonyl (C=O) groups excluding carboxylic acids is 1. The summed E-state index contributed by atoms with van der Waals surface area (Å²) in [5.74, 6) is -0.134. The van der Waals surface area contributed by atoms with Crippen LogP contribution < -0.4 is 4.90 Å². The second kappa shape index (κ2) is 7.34. The molecule has 0 spiro atoms. The molecule has 1 amide bonds. The number of aryl methyl sites for hydroxylation is 1. The molecule has 3 rings (SSSR count). The van der Waals surface area contributed by atoms with Crippen molar-refractivity contribution in [3.8, 4) is 0 Å². The molecule has 0 bridgehead atoms. The van der Waals surface area contributed by atoms with Gasteiger partial charge >= 0.3 is 0 Å². The van der Waals surface area contributed by atoms with Gasteiger partial charge in [-0.3, -0.25) is 9.69 Å². The molecule has 2 aromatic carbocycles. The minimum Gasteiger partial charge on any atom is -0.274 e. The van der Waals surface area contributed by atoms with Gasteiger partial charge in [0.15, 0.2) is 5.13 Å². The van der Waals surface area contributed by atoms with Crippen LogP contribution in [0.1, 0.15) is 11.3 Å². The fourth-order valence-corrected chi connectivity index (χ4v) is 3.68. The van der Waals surface area contributed by atoms with Gasteiger partial charge < -0.3 is 0 Å². The molecule has 0 radical (unpaired) electrons. The molecule has 0 N–H and O–H groups in total. The molecule has 0 aliphatic heterocycles. The quantitative estimate of drug-likeness (QED) is 0.587. The van der Waals surface area contributed by atoms with E-state index >= 15 is 0 Å². The average molecular weight is 377 g/mol. The summed E-state index contributed by atoms with van der Waals surface area (Å²) >= 11 is 13.8. The lowest BCUT2D eigenvalue weighted by atomic mass is 10.1. The summed E-state index contributed by atoms with van der Waals surface area (Å²) in [7, 11) is 0. The van der Waals surface area contributed by atoms with Gasteiger partial charge in [-0.25, -0.2) is 4.98 Å². The van der Waals surface area contributed by atoms with Crippen LogP contribution in [0.15, 0.2) is 53.9 Å². The largest absolute Gasteiger partial charge is 0.274 e. The number of rotatable bonds is 4. The molecule has 6 heteroatoms. The van der Waals surface area contributed by atoms with Gasteiger partial charge in [0.05, 0.1) is 17.8 Å². The third-order valence-corrected chi connectivity index (χ3v) is 5.10. The van der Waals surface area contributed by atoms with E-state index in [1.807, 2.05) is 42.6 Å². The van der Waals surface area contributed by atoms with E-state index in [2.05, 4.69) is 4.98 Å². The monoisotopic (exact) mass is 376 g/mol. The normalized spacial score (nSPS) is 10.6. The van der Waals surface area contributed by atoms with Gasteiger partial charge in [0, 0.05) is 15.4 Å². The Kier molecular flexibility index (Phi) is 5.19. The van der Waals surface area contributed by atoms with Gasteiger partial charge in [-0.15, -0.1) is 11.3 Å². The number of anilines is 2. The fraction of sp³-hybridized carbons (Fsp3) is 0.111. The number of hydrogen-bond donors (Lipinski definition) is 0. The number of aromatic nitrogens is 1. The molecular formula is C18H14Cl2N2OS. The van der Waals surface area contributed by atoms with E-state index in [1.54, 1.807) is 23.1 Å². The summed E-state index contributed by atoms with van der Waals surface area (Å²) in [5.41, 5.74) is 2.26. The van der Waals surface area contributed by atoms with Gasteiger partial charge in [-0.1, -0.05) is 47.5 Å². The van der Waals surface area contributed by atoms with E-state index in [-0.39, 0.29) is 12.3 Å². The number of benzene rings is 2. The van der Waals surface area contributed by atoms with Gasteiger partial charge in [-0.05, 0) is 36.8 Å². The molecular weight excluding hydrogens is 363 g/mol. The summed E-state index contributed by atoms with van der Waals surface area (Å²) in [6, 6.07) is 14.7. The minimum absolute atomic E-state index is 0.103. The SMILES string of the molecule is Cc1csc(N(C(=O)Cc2c(Cl)cccc2Cl)c2ccccc2)n1. The van der Waals surface area contributed by atoms with Gasteiger partial charge in [0.2, 0.25) is 5.91 Å². The molecule has 24 heavy (non-hydrogen) atoms. The molecule has 1 aromatic heterocycles. The summed E-state index contributed by atoms with van der Waals surface area (Å²) < 4.78 is 0. The Morgan fingerprint density at radius 3 is 2.33 bits per heavy atom. The van der Waals surface area contributed by atoms with E-state index in [0.717, 1.165) is 11.4 Å². The van der Waals surface area contributed by atoms with Crippen molar-refractivity contribution < 1.29 is 4.79 Å². The molecule has 0 aliphatic rings. The first-order chi connectivity index (χ1) is 11.6. The summed E-state index contributed by atoms with van der Waals surface area (Å²) in [5, 5.41) is 3.52. The lowest BCUT2D eigenvalue weighted by Crippen LogP contribution is -2.27. The predicted octanol–water partition coefficient (Wildman–Crippen LogP) is 5.67. The van der Waals surface area contributed by atoms with Crippen molar-refractivity contribution >= 4 is 51.3 Å². The van der Waals surface area contributed by atoms with Crippen LogP contribution in [-0.4, -0.2) is 10.9 Å². The molecule has 0 fully saturated rings. The van der Waals surface area contributed by atoms with Crippen LogP contribution in [0.3, 0.4) is 0 Å². The zero-order valence-electron chi connectivity index (χ0n) is 12.9. The number of thiazole rings is 1. The van der Waals surface area contributed by atoms with Crippen molar-refractivity contribution in [2.24, 2.45) is 0 Å². The summed E-state index contributed by atoms with van der Waals surface area (Å²) in [6.07, 6.45) is 0.103. The maximum Gasteiger partial charge on any atom is 0.237 e. The van der Waals surface area contributed by atoms with E-state index in [1.165, 1.54) is 11.3 Å². The first-order valence-electron chi connectivity index (χ1n) is 7.29. The van der Waals surface area contributed by atoms with Crippen molar-refractivity contribution in [2.45, 2.75) is 13.3 Å². The van der Waals surface area contributed by atoms with E-state index < -0.39 is 0 Å². The van der Waals surface area contributed by atoms with Crippen LogP contribution >= 0.6 is 34.5 Å². The average Bonchev–Trinajstić information content (AvgIpc) is 2.98. The Bertz CT molecular complexity index is 844. The zero-order chi connectivity index (χ0) is 17.1. The van der Waals surface area contributed by atoms with Gasteiger partial charge in [0.1, 0.15) is 0 Å². The number of hydrogen-bond acceptors (Lipinski definition) is 3. The van der Waals surface area contributed by atoms with Crippen molar-refractivity contribution in [3.05, 3.63) is 75.2 Å². The Morgan fingerprint density at radius 1 is 1.08 bits per heavy atom. The van der Waals surface area contributed by atoms with E-state index in [0.29, 0.717) is 20.7 Å². The first kappa shape index (κ1) is 17.0.